The Balaban J connectivity index is 2.07. The van der Waals surface area contributed by atoms with E-state index in [1.807, 2.05) is 0 Å². The monoisotopic (exact) mass is 309 g/mol. The molecule has 1 heterocycles. The van der Waals surface area contributed by atoms with Gasteiger partial charge >= 0.3 is 0 Å². The molecule has 1 N–H and O–H groups in total. The van der Waals surface area contributed by atoms with Crippen LogP contribution in [0.1, 0.15) is 30.0 Å². The average molecular weight is 310 g/mol. The third-order valence-corrected chi connectivity index (χ3v) is 6.81. The molecule has 0 bridgehead atoms. The van der Waals surface area contributed by atoms with Crippen molar-refractivity contribution in [1.29, 1.82) is 0 Å². The molecule has 0 amide bonds. The molecule has 0 radical (unpaired) electrons. The van der Waals surface area contributed by atoms with E-state index in [2.05, 4.69) is 67.8 Å². The van der Waals surface area contributed by atoms with Gasteiger partial charge in [0.05, 0.1) is 0 Å². The zero-order chi connectivity index (χ0) is 14.4. The zero-order valence-corrected chi connectivity index (χ0v) is 14.6. The van der Waals surface area contributed by atoms with Gasteiger partial charge in [0.1, 0.15) is 0 Å². The maximum absolute atomic E-state index is 3.80. The maximum Gasteiger partial charge on any atom is 0.0295 e. The van der Waals surface area contributed by atoms with Crippen LogP contribution in [0.5, 0.6) is 0 Å². The molecule has 0 spiro atoms. The predicted molar refractivity (Wildman–Crippen MR) is 95.3 cm³/mol. The summed E-state index contributed by atoms with van der Waals surface area (Å²) in [5.41, 5.74) is 4.34. The molecule has 0 aromatic heterocycles. The van der Waals surface area contributed by atoms with Crippen molar-refractivity contribution in [3.05, 3.63) is 34.9 Å². The van der Waals surface area contributed by atoms with Crippen LogP contribution in [0.25, 0.3) is 0 Å². The lowest BCUT2D eigenvalue weighted by atomic mass is 9.97. The third kappa shape index (κ3) is 4.71. The van der Waals surface area contributed by atoms with Crippen molar-refractivity contribution in [3.63, 3.8) is 0 Å². The summed E-state index contributed by atoms with van der Waals surface area (Å²) in [7, 11) is 0. The third-order valence-electron chi connectivity index (χ3n) is 3.89. The van der Waals surface area contributed by atoms with Crippen molar-refractivity contribution < 1.29 is 0 Å². The van der Waals surface area contributed by atoms with Crippen molar-refractivity contribution in [2.75, 3.05) is 23.8 Å². The molecule has 0 aliphatic carbocycles. The van der Waals surface area contributed by atoms with E-state index in [9.17, 15) is 0 Å². The molecule has 3 heteroatoms. The van der Waals surface area contributed by atoms with E-state index in [0.717, 1.165) is 11.8 Å². The van der Waals surface area contributed by atoms with Gasteiger partial charge in [-0.15, -0.1) is 0 Å². The second-order valence-electron chi connectivity index (χ2n) is 5.68. The SMILES string of the molecule is CCCNC(Cc1cc(C)ccc1C)C1CSCCS1. The van der Waals surface area contributed by atoms with Gasteiger partial charge in [-0.3, -0.25) is 0 Å². The van der Waals surface area contributed by atoms with E-state index in [1.165, 1.54) is 46.8 Å². The molecule has 1 fully saturated rings. The largest absolute Gasteiger partial charge is 0.313 e. The molecule has 1 aromatic carbocycles. The molecule has 1 nitrogen and oxygen atoms in total. The minimum atomic E-state index is 0.619. The average Bonchev–Trinajstić information content (AvgIpc) is 2.48. The molecule has 2 unspecified atom stereocenters. The van der Waals surface area contributed by atoms with Crippen LogP contribution in [0.4, 0.5) is 0 Å². The van der Waals surface area contributed by atoms with E-state index in [0.29, 0.717) is 6.04 Å². The van der Waals surface area contributed by atoms with Gasteiger partial charge in [-0.05, 0) is 44.4 Å². The fraction of sp³-hybridized carbons (Fsp3) is 0.647. The fourth-order valence-electron chi connectivity index (χ4n) is 2.66. The number of hydrogen-bond acceptors (Lipinski definition) is 3. The zero-order valence-electron chi connectivity index (χ0n) is 12.9. The molecule has 1 saturated heterocycles. The summed E-state index contributed by atoms with van der Waals surface area (Å²) in [4.78, 5) is 0. The normalized spacial score (nSPS) is 20.9. The summed E-state index contributed by atoms with van der Waals surface area (Å²) < 4.78 is 0. The Hall–Kier alpha value is -0.120. The van der Waals surface area contributed by atoms with E-state index < -0.39 is 0 Å². The van der Waals surface area contributed by atoms with Crippen LogP contribution in [0, 0.1) is 13.8 Å². The molecule has 112 valence electrons. The topological polar surface area (TPSA) is 12.0 Å². The van der Waals surface area contributed by atoms with Crippen LogP contribution in [-0.4, -0.2) is 35.1 Å². The number of benzene rings is 1. The van der Waals surface area contributed by atoms with Gasteiger partial charge in [0, 0.05) is 28.6 Å². The fourth-order valence-corrected chi connectivity index (χ4v) is 5.55. The summed E-state index contributed by atoms with van der Waals surface area (Å²) in [6, 6.07) is 7.48. The summed E-state index contributed by atoms with van der Waals surface area (Å²) in [6.45, 7) is 7.83. The Morgan fingerprint density at radius 3 is 2.85 bits per heavy atom. The molecule has 20 heavy (non-hydrogen) atoms. The van der Waals surface area contributed by atoms with Crippen molar-refractivity contribution in [2.45, 2.75) is 44.9 Å². The van der Waals surface area contributed by atoms with E-state index in [4.69, 9.17) is 0 Å². The lowest BCUT2D eigenvalue weighted by Gasteiger charge is -2.31. The molecule has 0 saturated carbocycles. The Kier molecular flexibility index (Phi) is 6.79. The van der Waals surface area contributed by atoms with Gasteiger partial charge in [0.25, 0.3) is 0 Å². The molecular formula is C17H27NS2. The van der Waals surface area contributed by atoms with E-state index in [1.54, 1.807) is 0 Å². The first kappa shape index (κ1) is 16.3. The highest BCUT2D eigenvalue weighted by Crippen LogP contribution is 2.28. The molecule has 2 atom stereocenters. The Labute approximate surface area is 132 Å². The summed E-state index contributed by atoms with van der Waals surface area (Å²) in [6.07, 6.45) is 2.39. The first-order chi connectivity index (χ1) is 9.70. The van der Waals surface area contributed by atoms with Gasteiger partial charge in [-0.1, -0.05) is 30.7 Å². The van der Waals surface area contributed by atoms with Crippen LogP contribution in [0.2, 0.25) is 0 Å². The van der Waals surface area contributed by atoms with Gasteiger partial charge in [-0.2, -0.15) is 23.5 Å². The molecule has 1 aliphatic rings. The summed E-state index contributed by atoms with van der Waals surface area (Å²) in [5.74, 6) is 3.94. The predicted octanol–water partition coefficient (Wildman–Crippen LogP) is 4.06. The van der Waals surface area contributed by atoms with E-state index >= 15 is 0 Å². The maximum atomic E-state index is 3.80. The van der Waals surface area contributed by atoms with Crippen LogP contribution in [0.15, 0.2) is 18.2 Å². The van der Waals surface area contributed by atoms with Gasteiger partial charge in [0.2, 0.25) is 0 Å². The standard InChI is InChI=1S/C17H27NS2/c1-4-7-18-16(17-12-19-8-9-20-17)11-15-10-13(2)5-6-14(15)3/h5-6,10,16-18H,4,7-9,11-12H2,1-3H3. The minimum absolute atomic E-state index is 0.619. The van der Waals surface area contributed by atoms with Gasteiger partial charge in [0.15, 0.2) is 0 Å². The van der Waals surface area contributed by atoms with Crippen LogP contribution in [0.3, 0.4) is 0 Å². The lowest BCUT2D eigenvalue weighted by Crippen LogP contribution is -2.43. The first-order valence-corrected chi connectivity index (χ1v) is 9.90. The second kappa shape index (κ2) is 8.35. The first-order valence-electron chi connectivity index (χ1n) is 7.69. The number of thioether (sulfide) groups is 2. The number of aryl methyl sites for hydroxylation is 2. The molecule has 1 aromatic rings. The summed E-state index contributed by atoms with van der Waals surface area (Å²) in [5, 5.41) is 4.56. The van der Waals surface area contributed by atoms with Crippen molar-refractivity contribution >= 4 is 23.5 Å². The second-order valence-corrected chi connectivity index (χ2v) is 8.18. The minimum Gasteiger partial charge on any atom is -0.313 e. The van der Waals surface area contributed by atoms with E-state index in [-0.39, 0.29) is 0 Å². The highest BCUT2D eigenvalue weighted by Gasteiger charge is 2.24. The molecule has 1 aliphatic heterocycles. The quantitative estimate of drug-likeness (QED) is 0.851. The van der Waals surface area contributed by atoms with Crippen molar-refractivity contribution in [3.8, 4) is 0 Å². The van der Waals surface area contributed by atoms with Gasteiger partial charge in [-0.25, -0.2) is 0 Å². The lowest BCUT2D eigenvalue weighted by molar-refractivity contribution is 0.505. The smallest absolute Gasteiger partial charge is 0.0295 e. The Bertz CT molecular complexity index is 413. The number of hydrogen-bond donors (Lipinski definition) is 1. The molecule has 2 rings (SSSR count). The van der Waals surface area contributed by atoms with Crippen LogP contribution < -0.4 is 5.32 Å². The van der Waals surface area contributed by atoms with Crippen molar-refractivity contribution in [1.82, 2.24) is 5.32 Å². The van der Waals surface area contributed by atoms with Gasteiger partial charge < -0.3 is 5.32 Å². The molecular weight excluding hydrogens is 282 g/mol. The highest BCUT2D eigenvalue weighted by atomic mass is 32.2. The Morgan fingerprint density at radius 2 is 2.15 bits per heavy atom. The van der Waals surface area contributed by atoms with Crippen molar-refractivity contribution in [2.24, 2.45) is 0 Å². The number of nitrogens with one attached hydrogen (secondary N) is 1. The van der Waals surface area contributed by atoms with Crippen LogP contribution in [-0.2, 0) is 6.42 Å². The van der Waals surface area contributed by atoms with Crippen LogP contribution >= 0.6 is 23.5 Å². The summed E-state index contributed by atoms with van der Waals surface area (Å²) >= 11 is 4.29. The highest BCUT2D eigenvalue weighted by molar-refractivity contribution is 8.06. The number of rotatable bonds is 6. The Morgan fingerprint density at radius 1 is 1.30 bits per heavy atom.